The lowest BCUT2D eigenvalue weighted by Crippen LogP contribution is -2.18. The summed E-state index contributed by atoms with van der Waals surface area (Å²) < 4.78 is 4.89. The van der Waals surface area contributed by atoms with Gasteiger partial charge in [0.15, 0.2) is 0 Å². The van der Waals surface area contributed by atoms with Crippen molar-refractivity contribution in [1.82, 2.24) is 9.13 Å². The van der Waals surface area contributed by atoms with Crippen LogP contribution in [0, 0.1) is 0 Å². The normalized spacial score (nSPS) is 14.3. The molecule has 0 saturated heterocycles. The summed E-state index contributed by atoms with van der Waals surface area (Å²) >= 11 is 0. The van der Waals surface area contributed by atoms with Crippen LogP contribution in [-0.4, -0.2) is 9.13 Å². The molecule has 0 spiro atoms. The van der Waals surface area contributed by atoms with Gasteiger partial charge in [-0.3, -0.25) is 0 Å². The summed E-state index contributed by atoms with van der Waals surface area (Å²) in [6.45, 7) is 14.3. The van der Waals surface area contributed by atoms with Crippen molar-refractivity contribution in [2.45, 2.75) is 57.8 Å². The molecule has 0 radical (unpaired) electrons. The first-order chi connectivity index (χ1) is 44.4. The molecular formula is C87H66N4. The van der Waals surface area contributed by atoms with E-state index < -0.39 is 0 Å². The van der Waals surface area contributed by atoms with Gasteiger partial charge in [0.1, 0.15) is 0 Å². The Morgan fingerprint density at radius 2 is 0.495 bits per heavy atom. The molecule has 0 unspecified atom stereocenters. The SMILES string of the molecule is CC1(C)c2ccccc2-c2ccc(N(c3ccccc3)c3ccc4c(c3)c3cc(-c5ccc6c(c5)c5cc(N(c7ccc8c(c7)C(C)(C)c7ccccc7-8)c7ccc8c(c7)C(C)(C)c7ccccc7-8)ccc5n6-c5ccccc5)ccc3n4-c3ccccc3)cc21. The van der Waals surface area contributed by atoms with Crippen LogP contribution in [0.2, 0.25) is 0 Å². The van der Waals surface area contributed by atoms with Crippen LogP contribution in [0.5, 0.6) is 0 Å². The molecule has 0 aliphatic heterocycles. The largest absolute Gasteiger partial charge is 0.310 e. The maximum absolute atomic E-state index is 2.52. The zero-order valence-corrected chi connectivity index (χ0v) is 52.0. The number of anilines is 6. The molecule has 2 aromatic heterocycles. The van der Waals surface area contributed by atoms with E-state index in [0.29, 0.717) is 0 Å². The van der Waals surface area contributed by atoms with E-state index in [1.54, 1.807) is 0 Å². The Bertz CT molecular complexity index is 5400. The van der Waals surface area contributed by atoms with Gasteiger partial charge in [0.2, 0.25) is 0 Å². The molecule has 0 N–H and O–H groups in total. The highest BCUT2D eigenvalue weighted by atomic mass is 15.2. The molecule has 4 heteroatoms. The molecule has 15 aromatic rings. The topological polar surface area (TPSA) is 16.3 Å². The molecule has 434 valence electrons. The molecule has 3 aliphatic rings. The van der Waals surface area contributed by atoms with Crippen molar-refractivity contribution in [2.24, 2.45) is 0 Å². The number of fused-ring (bicyclic) bond motifs is 15. The molecule has 18 rings (SSSR count). The molecular weight excluding hydrogens is 1100 g/mol. The van der Waals surface area contributed by atoms with Crippen molar-refractivity contribution >= 4 is 77.7 Å². The standard InChI is InChI=1S/C87H66N4/c1-85(2)75-31-19-16-28-65(75)68-41-36-62(52-78(68)85)88(57-22-10-7-11-23-57)60-39-46-83-73(50-60)71-48-55(34-44-81(71)90(83)58-24-12-8-13-25-58)56-35-45-82-72(49-56)74-51-61(40-47-84(74)91(82)59-26-14-9-15-27-59)89(63-37-42-69-66-29-17-20-32-76(66)86(3,4)79(69)53-63)64-38-43-70-67-30-18-21-33-77(67)87(5,6)80(70)54-64/h7-54H,1-6H3. The van der Waals surface area contributed by atoms with E-state index in [-0.39, 0.29) is 16.2 Å². The van der Waals surface area contributed by atoms with E-state index in [1.165, 1.54) is 88.3 Å². The Morgan fingerprint density at radius 3 is 0.868 bits per heavy atom. The molecule has 3 aliphatic carbocycles. The van der Waals surface area contributed by atoms with Crippen molar-refractivity contribution in [3.05, 3.63) is 325 Å². The molecule has 2 heterocycles. The van der Waals surface area contributed by atoms with Crippen molar-refractivity contribution < 1.29 is 0 Å². The summed E-state index contributed by atoms with van der Waals surface area (Å²) in [6, 6.07) is 109. The quantitative estimate of drug-likeness (QED) is 0.143. The van der Waals surface area contributed by atoms with Gasteiger partial charge in [-0.25, -0.2) is 0 Å². The maximum atomic E-state index is 2.52. The van der Waals surface area contributed by atoms with Gasteiger partial charge in [-0.15, -0.1) is 0 Å². The van der Waals surface area contributed by atoms with E-state index in [1.807, 2.05) is 0 Å². The number of rotatable bonds is 9. The van der Waals surface area contributed by atoms with Gasteiger partial charge in [-0.05, 0) is 211 Å². The predicted octanol–water partition coefficient (Wildman–Crippen LogP) is 23.4. The molecule has 0 fully saturated rings. The van der Waals surface area contributed by atoms with Gasteiger partial charge >= 0.3 is 0 Å². The molecule has 91 heavy (non-hydrogen) atoms. The fourth-order valence-electron chi connectivity index (χ4n) is 16.3. The number of aromatic nitrogens is 2. The lowest BCUT2D eigenvalue weighted by atomic mass is 9.82. The highest BCUT2D eigenvalue weighted by molar-refractivity contribution is 6.14. The number of para-hydroxylation sites is 3. The second-order valence-corrected chi connectivity index (χ2v) is 26.9. The van der Waals surface area contributed by atoms with Crippen LogP contribution < -0.4 is 9.80 Å². The molecule has 0 amide bonds. The average Bonchev–Trinajstić information content (AvgIpc) is 1.64. The van der Waals surface area contributed by atoms with Crippen molar-refractivity contribution in [3.8, 4) is 55.9 Å². The van der Waals surface area contributed by atoms with Gasteiger partial charge in [-0.1, -0.05) is 199 Å². The number of hydrogen-bond donors (Lipinski definition) is 0. The van der Waals surface area contributed by atoms with Crippen LogP contribution >= 0.6 is 0 Å². The highest BCUT2D eigenvalue weighted by Gasteiger charge is 2.39. The monoisotopic (exact) mass is 1170 g/mol. The van der Waals surface area contributed by atoms with Crippen LogP contribution in [0.4, 0.5) is 34.1 Å². The van der Waals surface area contributed by atoms with Gasteiger partial charge < -0.3 is 18.9 Å². The first-order valence-electron chi connectivity index (χ1n) is 32.1. The molecule has 0 atom stereocenters. The zero-order valence-electron chi connectivity index (χ0n) is 52.0. The van der Waals surface area contributed by atoms with Crippen LogP contribution in [0.25, 0.3) is 99.5 Å². The minimum absolute atomic E-state index is 0.141. The molecule has 0 bridgehead atoms. The lowest BCUT2D eigenvalue weighted by molar-refractivity contribution is 0.660. The fourth-order valence-corrected chi connectivity index (χ4v) is 16.3. The number of hydrogen-bond acceptors (Lipinski definition) is 2. The van der Waals surface area contributed by atoms with Crippen LogP contribution in [0.1, 0.15) is 74.9 Å². The van der Waals surface area contributed by atoms with Gasteiger partial charge in [-0.2, -0.15) is 0 Å². The summed E-state index contributed by atoms with van der Waals surface area (Å²) in [4.78, 5) is 4.95. The lowest BCUT2D eigenvalue weighted by Gasteiger charge is -2.30. The van der Waals surface area contributed by atoms with E-state index in [9.17, 15) is 0 Å². The summed E-state index contributed by atoms with van der Waals surface area (Å²) in [5.41, 5.74) is 31.6. The summed E-state index contributed by atoms with van der Waals surface area (Å²) in [5, 5.41) is 4.78. The predicted molar refractivity (Wildman–Crippen MR) is 383 cm³/mol. The molecule has 13 aromatic carbocycles. The Morgan fingerprint density at radius 1 is 0.220 bits per heavy atom. The third kappa shape index (κ3) is 7.82. The Labute approximate surface area is 531 Å². The Kier molecular flexibility index (Phi) is 11.4. The third-order valence-corrected chi connectivity index (χ3v) is 20.9. The average molecular weight is 1170 g/mol. The molecule has 4 nitrogen and oxygen atoms in total. The summed E-state index contributed by atoms with van der Waals surface area (Å²) in [5.74, 6) is 0. The van der Waals surface area contributed by atoms with Crippen molar-refractivity contribution in [3.63, 3.8) is 0 Å². The minimum atomic E-state index is -0.170. The zero-order chi connectivity index (χ0) is 61.1. The molecule has 0 saturated carbocycles. The van der Waals surface area contributed by atoms with E-state index in [2.05, 4.69) is 352 Å². The smallest absolute Gasteiger partial charge is 0.0542 e. The summed E-state index contributed by atoms with van der Waals surface area (Å²) in [7, 11) is 0. The Balaban J connectivity index is 0.821. The second kappa shape index (κ2) is 19.5. The van der Waals surface area contributed by atoms with Crippen molar-refractivity contribution in [2.75, 3.05) is 9.80 Å². The van der Waals surface area contributed by atoms with E-state index >= 15 is 0 Å². The Hall–Kier alpha value is -10.9. The first-order valence-corrected chi connectivity index (χ1v) is 32.1. The van der Waals surface area contributed by atoms with Crippen LogP contribution in [0.15, 0.2) is 291 Å². The third-order valence-electron chi connectivity index (χ3n) is 20.9. The summed E-state index contributed by atoms with van der Waals surface area (Å²) in [6.07, 6.45) is 0. The van der Waals surface area contributed by atoms with Crippen molar-refractivity contribution in [1.29, 1.82) is 0 Å². The number of nitrogens with zero attached hydrogens (tertiary/aromatic N) is 4. The highest BCUT2D eigenvalue weighted by Crippen LogP contribution is 2.55. The fraction of sp³-hybridized carbons (Fsp3) is 0.103. The van der Waals surface area contributed by atoms with Gasteiger partial charge in [0.05, 0.1) is 22.1 Å². The maximum Gasteiger partial charge on any atom is 0.0542 e. The van der Waals surface area contributed by atoms with E-state index in [4.69, 9.17) is 0 Å². The first kappa shape index (κ1) is 53.1. The van der Waals surface area contributed by atoms with Crippen LogP contribution in [-0.2, 0) is 16.2 Å². The minimum Gasteiger partial charge on any atom is -0.310 e. The number of benzene rings is 13. The van der Waals surface area contributed by atoms with Crippen LogP contribution in [0.3, 0.4) is 0 Å². The van der Waals surface area contributed by atoms with Gasteiger partial charge in [0, 0.05) is 83.3 Å². The second-order valence-electron chi connectivity index (χ2n) is 26.9. The van der Waals surface area contributed by atoms with Gasteiger partial charge in [0.25, 0.3) is 0 Å². The van der Waals surface area contributed by atoms with E-state index in [0.717, 1.165) is 78.7 Å².